The first-order valence-electron chi connectivity index (χ1n) is 10.7. The molecular formula is C22H31N5O3S. The number of methoxy groups -OCH3 is 1. The summed E-state index contributed by atoms with van der Waals surface area (Å²) in [6, 6.07) is 7.68. The van der Waals surface area contributed by atoms with Crippen molar-refractivity contribution in [1.82, 2.24) is 25.4 Å². The molecule has 2 aromatic rings. The number of nitrogens with zero attached hydrogens (tertiary/aromatic N) is 3. The minimum Gasteiger partial charge on any atom is -0.497 e. The van der Waals surface area contributed by atoms with Gasteiger partial charge >= 0.3 is 0 Å². The highest BCUT2D eigenvalue weighted by Gasteiger charge is 2.23. The number of hydrogen-bond acceptors (Lipinski definition) is 6. The summed E-state index contributed by atoms with van der Waals surface area (Å²) in [6.45, 7) is 2.49. The summed E-state index contributed by atoms with van der Waals surface area (Å²) in [5, 5.41) is 15.0. The van der Waals surface area contributed by atoms with Crippen LogP contribution in [0.1, 0.15) is 44.0 Å². The van der Waals surface area contributed by atoms with E-state index < -0.39 is 0 Å². The molecule has 1 aromatic heterocycles. The Morgan fingerprint density at radius 2 is 1.90 bits per heavy atom. The SMILES string of the molecule is COc1ccc(CC(=O)NCc2nnc(SCC(=O)N[C@@H]3CCCC[C@@H]3C)n2C)cc1. The van der Waals surface area contributed by atoms with Crippen LogP contribution in [0.2, 0.25) is 0 Å². The molecule has 31 heavy (non-hydrogen) atoms. The Kier molecular flexibility index (Phi) is 8.34. The zero-order valence-electron chi connectivity index (χ0n) is 18.4. The average Bonchev–Trinajstić information content (AvgIpc) is 3.12. The fourth-order valence-electron chi connectivity index (χ4n) is 3.70. The molecule has 1 fully saturated rings. The molecule has 3 rings (SSSR count). The Labute approximate surface area is 187 Å². The van der Waals surface area contributed by atoms with Crippen LogP contribution in [0.25, 0.3) is 0 Å². The number of carbonyl (C=O) groups is 2. The quantitative estimate of drug-likeness (QED) is 0.576. The van der Waals surface area contributed by atoms with Crippen LogP contribution in [-0.2, 0) is 29.6 Å². The van der Waals surface area contributed by atoms with E-state index in [1.54, 1.807) is 7.11 Å². The Bertz CT molecular complexity index is 884. The number of carbonyl (C=O) groups excluding carboxylic acids is 2. The molecule has 168 valence electrons. The molecule has 1 aromatic carbocycles. The topological polar surface area (TPSA) is 98.1 Å². The number of thioether (sulfide) groups is 1. The number of amides is 2. The summed E-state index contributed by atoms with van der Waals surface area (Å²) in [4.78, 5) is 24.6. The number of benzene rings is 1. The molecule has 0 aliphatic heterocycles. The summed E-state index contributed by atoms with van der Waals surface area (Å²) in [7, 11) is 3.45. The second-order valence-electron chi connectivity index (χ2n) is 7.98. The number of hydrogen-bond donors (Lipinski definition) is 2. The molecule has 0 saturated heterocycles. The van der Waals surface area contributed by atoms with Crippen LogP contribution in [0.4, 0.5) is 0 Å². The summed E-state index contributed by atoms with van der Waals surface area (Å²) in [5.74, 6) is 2.18. The molecular weight excluding hydrogens is 414 g/mol. The van der Waals surface area contributed by atoms with Crippen LogP contribution in [-0.4, -0.2) is 45.5 Å². The number of nitrogens with one attached hydrogen (secondary N) is 2. The van der Waals surface area contributed by atoms with Gasteiger partial charge in [0.25, 0.3) is 0 Å². The number of ether oxygens (including phenoxy) is 1. The molecule has 2 N–H and O–H groups in total. The van der Waals surface area contributed by atoms with E-state index in [1.807, 2.05) is 35.9 Å². The lowest BCUT2D eigenvalue weighted by Gasteiger charge is -2.29. The highest BCUT2D eigenvalue weighted by Crippen LogP contribution is 2.24. The molecule has 1 aliphatic rings. The van der Waals surface area contributed by atoms with Gasteiger partial charge in [0.15, 0.2) is 11.0 Å². The average molecular weight is 446 g/mol. The molecule has 1 saturated carbocycles. The van der Waals surface area contributed by atoms with Gasteiger partial charge in [0.2, 0.25) is 11.8 Å². The first-order valence-corrected chi connectivity index (χ1v) is 11.6. The van der Waals surface area contributed by atoms with E-state index in [0.717, 1.165) is 17.7 Å². The van der Waals surface area contributed by atoms with Crippen molar-refractivity contribution in [3.63, 3.8) is 0 Å². The fraction of sp³-hybridized carbons (Fsp3) is 0.545. The lowest BCUT2D eigenvalue weighted by molar-refractivity contribution is -0.121. The predicted octanol–water partition coefficient (Wildman–Crippen LogP) is 2.47. The smallest absolute Gasteiger partial charge is 0.230 e. The van der Waals surface area contributed by atoms with Crippen molar-refractivity contribution in [2.45, 2.75) is 56.8 Å². The first-order chi connectivity index (χ1) is 15.0. The van der Waals surface area contributed by atoms with Crippen molar-refractivity contribution in [3.8, 4) is 5.75 Å². The van der Waals surface area contributed by atoms with E-state index in [2.05, 4.69) is 27.8 Å². The maximum absolute atomic E-state index is 12.3. The van der Waals surface area contributed by atoms with Gasteiger partial charge in [0.1, 0.15) is 5.75 Å². The van der Waals surface area contributed by atoms with E-state index in [9.17, 15) is 9.59 Å². The highest BCUT2D eigenvalue weighted by molar-refractivity contribution is 7.99. The van der Waals surface area contributed by atoms with E-state index in [1.165, 1.54) is 31.0 Å². The second kappa shape index (κ2) is 11.2. The van der Waals surface area contributed by atoms with E-state index in [-0.39, 0.29) is 30.8 Å². The summed E-state index contributed by atoms with van der Waals surface area (Å²) < 4.78 is 6.94. The lowest BCUT2D eigenvalue weighted by Crippen LogP contribution is -2.41. The van der Waals surface area contributed by atoms with Crippen LogP contribution in [0.15, 0.2) is 29.4 Å². The fourth-order valence-corrected chi connectivity index (χ4v) is 4.44. The van der Waals surface area contributed by atoms with E-state index in [0.29, 0.717) is 22.7 Å². The molecule has 8 nitrogen and oxygen atoms in total. The van der Waals surface area contributed by atoms with Gasteiger partial charge in [-0.05, 0) is 36.5 Å². The minimum atomic E-state index is -0.0941. The molecule has 1 aliphatic carbocycles. The van der Waals surface area contributed by atoms with Gasteiger partial charge in [-0.3, -0.25) is 9.59 Å². The van der Waals surface area contributed by atoms with Gasteiger partial charge in [0.05, 0.1) is 25.8 Å². The van der Waals surface area contributed by atoms with Crippen molar-refractivity contribution in [2.24, 2.45) is 13.0 Å². The van der Waals surface area contributed by atoms with Gasteiger partial charge < -0.3 is 19.9 Å². The zero-order chi connectivity index (χ0) is 22.2. The standard InChI is InChI=1S/C22H31N5O3S/c1-15-6-4-5-7-18(15)24-21(29)14-31-22-26-25-19(27(22)2)13-23-20(28)12-16-8-10-17(30-3)11-9-16/h8-11,15,18H,4-7,12-14H2,1-3H3,(H,23,28)(H,24,29)/t15-,18+/m0/s1. The Balaban J connectivity index is 1.43. The number of aromatic nitrogens is 3. The maximum Gasteiger partial charge on any atom is 0.230 e. The third-order valence-electron chi connectivity index (χ3n) is 5.68. The van der Waals surface area contributed by atoms with Crippen LogP contribution >= 0.6 is 11.8 Å². The van der Waals surface area contributed by atoms with Gasteiger partial charge in [0, 0.05) is 13.1 Å². The van der Waals surface area contributed by atoms with Crippen LogP contribution in [0, 0.1) is 5.92 Å². The first kappa shape index (κ1) is 23.1. The van der Waals surface area contributed by atoms with Crippen LogP contribution < -0.4 is 15.4 Å². The number of rotatable bonds is 9. The lowest BCUT2D eigenvalue weighted by atomic mass is 9.86. The third-order valence-corrected chi connectivity index (χ3v) is 6.70. The Hall–Kier alpha value is -2.55. The van der Waals surface area contributed by atoms with Gasteiger partial charge in [-0.15, -0.1) is 10.2 Å². The molecule has 0 unspecified atom stereocenters. The molecule has 9 heteroatoms. The molecule has 2 atom stereocenters. The molecule has 0 spiro atoms. The van der Waals surface area contributed by atoms with Crippen molar-refractivity contribution in [3.05, 3.63) is 35.7 Å². The highest BCUT2D eigenvalue weighted by atomic mass is 32.2. The monoisotopic (exact) mass is 445 g/mol. The van der Waals surface area contributed by atoms with Crippen molar-refractivity contribution in [2.75, 3.05) is 12.9 Å². The predicted molar refractivity (Wildman–Crippen MR) is 120 cm³/mol. The second-order valence-corrected chi connectivity index (χ2v) is 8.93. The Morgan fingerprint density at radius 3 is 2.61 bits per heavy atom. The van der Waals surface area contributed by atoms with Crippen LogP contribution in [0.5, 0.6) is 5.75 Å². The van der Waals surface area contributed by atoms with Gasteiger partial charge in [-0.25, -0.2) is 0 Å². The van der Waals surface area contributed by atoms with Crippen molar-refractivity contribution < 1.29 is 14.3 Å². The molecule has 1 heterocycles. The normalized spacial score (nSPS) is 18.4. The van der Waals surface area contributed by atoms with Gasteiger partial charge in [-0.2, -0.15) is 0 Å². The zero-order valence-corrected chi connectivity index (χ0v) is 19.2. The van der Waals surface area contributed by atoms with E-state index in [4.69, 9.17) is 4.74 Å². The summed E-state index contributed by atoms with van der Waals surface area (Å²) in [5.41, 5.74) is 0.908. The summed E-state index contributed by atoms with van der Waals surface area (Å²) in [6.07, 6.45) is 4.94. The largest absolute Gasteiger partial charge is 0.497 e. The van der Waals surface area contributed by atoms with Crippen molar-refractivity contribution >= 4 is 23.6 Å². The molecule has 0 bridgehead atoms. The molecule has 2 amide bonds. The van der Waals surface area contributed by atoms with Gasteiger partial charge in [-0.1, -0.05) is 43.7 Å². The maximum atomic E-state index is 12.3. The van der Waals surface area contributed by atoms with Crippen LogP contribution in [0.3, 0.4) is 0 Å². The van der Waals surface area contributed by atoms with Crippen molar-refractivity contribution in [1.29, 1.82) is 0 Å². The summed E-state index contributed by atoms with van der Waals surface area (Å²) >= 11 is 1.36. The van der Waals surface area contributed by atoms with E-state index >= 15 is 0 Å². The molecule has 0 radical (unpaired) electrons. The third kappa shape index (κ3) is 6.72. The minimum absolute atomic E-state index is 0.0288. The Morgan fingerprint density at radius 1 is 1.16 bits per heavy atom.